The monoisotopic (exact) mass is 334 g/mol. The van der Waals surface area contributed by atoms with Crippen molar-refractivity contribution in [3.8, 4) is 6.07 Å². The number of carbonyl (C=O) groups is 1. The van der Waals surface area contributed by atoms with Crippen LogP contribution in [0.15, 0.2) is 5.03 Å². The van der Waals surface area contributed by atoms with Gasteiger partial charge < -0.3 is 4.90 Å². The predicted octanol–water partition coefficient (Wildman–Crippen LogP) is 3.48. The second kappa shape index (κ2) is 8.88. The van der Waals surface area contributed by atoms with Crippen molar-refractivity contribution in [3.63, 3.8) is 0 Å². The van der Waals surface area contributed by atoms with Crippen LogP contribution < -0.4 is 0 Å². The van der Waals surface area contributed by atoms with Crippen LogP contribution in [0.25, 0.3) is 0 Å². The average Bonchev–Trinajstić information content (AvgIpc) is 2.52. The maximum Gasteiger partial charge on any atom is 0.233 e. The van der Waals surface area contributed by atoms with E-state index in [2.05, 4.69) is 43.7 Å². The third-order valence-electron chi connectivity index (χ3n) is 4.03. The lowest BCUT2D eigenvalue weighted by molar-refractivity contribution is -0.132. The Labute approximate surface area is 143 Å². The summed E-state index contributed by atoms with van der Waals surface area (Å²) in [4.78, 5) is 23.2. The van der Waals surface area contributed by atoms with Gasteiger partial charge in [-0.3, -0.25) is 4.79 Å². The molecule has 0 aliphatic carbocycles. The Morgan fingerprint density at radius 3 is 2.26 bits per heavy atom. The normalized spacial score (nSPS) is 13.3. The molecule has 1 aromatic rings. The number of hydrogen-bond acceptors (Lipinski definition) is 5. The fraction of sp³-hybridized carbons (Fsp3) is 0.647. The van der Waals surface area contributed by atoms with E-state index in [0.29, 0.717) is 27.9 Å². The Bertz CT molecular complexity index is 587. The molecule has 0 aromatic carbocycles. The van der Waals surface area contributed by atoms with Gasteiger partial charge in [0.1, 0.15) is 22.5 Å². The van der Waals surface area contributed by atoms with Crippen molar-refractivity contribution >= 4 is 17.7 Å². The van der Waals surface area contributed by atoms with Crippen LogP contribution in [0.2, 0.25) is 0 Å². The smallest absolute Gasteiger partial charge is 0.233 e. The molecule has 0 spiro atoms. The quantitative estimate of drug-likeness (QED) is 0.564. The molecule has 0 saturated carbocycles. The Kier molecular flexibility index (Phi) is 7.50. The van der Waals surface area contributed by atoms with Gasteiger partial charge in [0.15, 0.2) is 0 Å². The molecule has 6 heteroatoms. The van der Waals surface area contributed by atoms with E-state index in [0.717, 1.165) is 12.8 Å². The first-order valence-corrected chi connectivity index (χ1v) is 9.03. The van der Waals surface area contributed by atoms with Crippen LogP contribution in [0, 0.1) is 25.2 Å². The Morgan fingerprint density at radius 2 is 1.78 bits per heavy atom. The number of rotatable bonds is 7. The number of nitrogens with zero attached hydrogens (tertiary/aromatic N) is 4. The van der Waals surface area contributed by atoms with Gasteiger partial charge >= 0.3 is 0 Å². The summed E-state index contributed by atoms with van der Waals surface area (Å²) in [5.41, 5.74) is 1.13. The maximum atomic E-state index is 12.7. The van der Waals surface area contributed by atoms with Gasteiger partial charge in [-0.15, -0.1) is 0 Å². The predicted molar refractivity (Wildman–Crippen MR) is 93.3 cm³/mol. The van der Waals surface area contributed by atoms with Crippen LogP contribution in [0.3, 0.4) is 0 Å². The number of aromatic nitrogens is 2. The molecule has 0 aliphatic heterocycles. The van der Waals surface area contributed by atoms with Gasteiger partial charge in [-0.05, 0) is 40.5 Å². The van der Waals surface area contributed by atoms with Crippen molar-refractivity contribution in [2.75, 3.05) is 5.75 Å². The van der Waals surface area contributed by atoms with Crippen molar-refractivity contribution in [1.29, 1.82) is 5.26 Å². The van der Waals surface area contributed by atoms with Crippen LogP contribution >= 0.6 is 11.8 Å². The maximum absolute atomic E-state index is 12.7. The van der Waals surface area contributed by atoms with Gasteiger partial charge in [0.25, 0.3) is 0 Å². The van der Waals surface area contributed by atoms with E-state index in [1.54, 1.807) is 13.8 Å². The molecular formula is C17H26N4OS. The molecule has 23 heavy (non-hydrogen) atoms. The summed E-state index contributed by atoms with van der Waals surface area (Å²) >= 11 is 1.33. The first-order valence-electron chi connectivity index (χ1n) is 8.04. The highest BCUT2D eigenvalue weighted by Crippen LogP contribution is 2.23. The number of nitriles is 1. The standard InChI is InChI=1S/C17H26N4OS/c1-7-11(3)21(12(4)8-2)16(22)10-23-17-15(9-18)13(5)19-14(6)20-17/h11-12H,7-8,10H2,1-6H3/t11-,12+. The molecule has 0 radical (unpaired) electrons. The van der Waals surface area contributed by atoms with Crippen LogP contribution in [0.5, 0.6) is 0 Å². The Balaban J connectivity index is 2.92. The van der Waals surface area contributed by atoms with E-state index in [-0.39, 0.29) is 18.0 Å². The molecule has 1 rings (SSSR count). The summed E-state index contributed by atoms with van der Waals surface area (Å²) in [5.74, 6) is 1.01. The van der Waals surface area contributed by atoms with Gasteiger partial charge in [0, 0.05) is 12.1 Å². The number of aryl methyl sites for hydroxylation is 2. The molecule has 1 heterocycles. The van der Waals surface area contributed by atoms with E-state index in [4.69, 9.17) is 0 Å². The topological polar surface area (TPSA) is 69.9 Å². The first-order chi connectivity index (χ1) is 10.8. The zero-order chi connectivity index (χ0) is 17.6. The highest BCUT2D eigenvalue weighted by atomic mass is 32.2. The fourth-order valence-electron chi connectivity index (χ4n) is 2.44. The SMILES string of the molecule is CC[C@@H](C)N(C(=O)CSc1nc(C)nc(C)c1C#N)[C@@H](C)CC. The molecule has 5 nitrogen and oxygen atoms in total. The third kappa shape index (κ3) is 4.93. The zero-order valence-electron chi connectivity index (χ0n) is 14.9. The lowest BCUT2D eigenvalue weighted by Gasteiger charge is -2.34. The van der Waals surface area contributed by atoms with Crippen molar-refractivity contribution in [3.05, 3.63) is 17.1 Å². The fourth-order valence-corrected chi connectivity index (χ4v) is 3.38. The van der Waals surface area contributed by atoms with Gasteiger partial charge in [0.2, 0.25) is 5.91 Å². The second-order valence-corrected chi connectivity index (χ2v) is 6.72. The molecule has 1 aromatic heterocycles. The lowest BCUT2D eigenvalue weighted by Crippen LogP contribution is -2.45. The van der Waals surface area contributed by atoms with Crippen LogP contribution in [-0.4, -0.2) is 38.6 Å². The minimum absolute atomic E-state index is 0.0940. The number of amides is 1. The Morgan fingerprint density at radius 1 is 1.22 bits per heavy atom. The van der Waals surface area contributed by atoms with E-state index in [9.17, 15) is 10.1 Å². The largest absolute Gasteiger partial charge is 0.337 e. The second-order valence-electron chi connectivity index (χ2n) is 5.75. The number of thioether (sulfide) groups is 1. The summed E-state index contributed by atoms with van der Waals surface area (Å²) in [6.45, 7) is 11.9. The lowest BCUT2D eigenvalue weighted by atomic mass is 10.1. The van der Waals surface area contributed by atoms with Crippen molar-refractivity contribution in [2.45, 2.75) is 71.5 Å². The molecule has 0 N–H and O–H groups in total. The van der Waals surface area contributed by atoms with E-state index < -0.39 is 0 Å². The number of hydrogen-bond donors (Lipinski definition) is 0. The van der Waals surface area contributed by atoms with Gasteiger partial charge in [-0.2, -0.15) is 5.26 Å². The summed E-state index contributed by atoms with van der Waals surface area (Å²) < 4.78 is 0. The van der Waals surface area contributed by atoms with Crippen LogP contribution in [-0.2, 0) is 4.79 Å². The molecule has 126 valence electrons. The summed E-state index contributed by atoms with van der Waals surface area (Å²) in [5, 5.41) is 9.87. The molecule has 2 atom stereocenters. The number of carbonyl (C=O) groups excluding carboxylic acids is 1. The van der Waals surface area contributed by atoms with Crippen LogP contribution in [0.1, 0.15) is 57.6 Å². The zero-order valence-corrected chi connectivity index (χ0v) is 15.7. The van der Waals surface area contributed by atoms with Gasteiger partial charge in [-0.1, -0.05) is 25.6 Å². The van der Waals surface area contributed by atoms with Crippen LogP contribution in [0.4, 0.5) is 0 Å². The van der Waals surface area contributed by atoms with E-state index in [1.165, 1.54) is 11.8 Å². The van der Waals surface area contributed by atoms with Gasteiger partial charge in [-0.25, -0.2) is 9.97 Å². The third-order valence-corrected chi connectivity index (χ3v) is 4.99. The van der Waals surface area contributed by atoms with Gasteiger partial charge in [0.05, 0.1) is 11.4 Å². The Hall–Kier alpha value is -1.61. The first kappa shape index (κ1) is 19.4. The van der Waals surface area contributed by atoms with Crippen molar-refractivity contribution in [1.82, 2.24) is 14.9 Å². The van der Waals surface area contributed by atoms with Crippen molar-refractivity contribution < 1.29 is 4.79 Å². The summed E-state index contributed by atoms with van der Waals surface area (Å²) in [6.07, 6.45) is 1.85. The molecule has 0 unspecified atom stereocenters. The highest BCUT2D eigenvalue weighted by molar-refractivity contribution is 8.00. The average molecular weight is 334 g/mol. The summed E-state index contributed by atoms with van der Waals surface area (Å²) in [6, 6.07) is 2.56. The molecule has 1 amide bonds. The van der Waals surface area contributed by atoms with E-state index >= 15 is 0 Å². The molecule has 0 fully saturated rings. The summed E-state index contributed by atoms with van der Waals surface area (Å²) in [7, 11) is 0. The molecule has 0 aliphatic rings. The minimum atomic E-state index is 0.0940. The van der Waals surface area contributed by atoms with E-state index in [1.807, 2.05) is 4.90 Å². The van der Waals surface area contributed by atoms with Crippen molar-refractivity contribution in [2.24, 2.45) is 0 Å². The highest BCUT2D eigenvalue weighted by Gasteiger charge is 2.24. The molecular weight excluding hydrogens is 308 g/mol. The molecule has 0 saturated heterocycles. The minimum Gasteiger partial charge on any atom is -0.337 e. The molecule has 0 bridgehead atoms.